The fraction of sp³-hybridized carbons (Fsp3) is 0.500. The Kier molecular flexibility index (Phi) is 5.84. The highest BCUT2D eigenvalue weighted by atomic mass is 16.7. The molecule has 204 valence electrons. The van der Waals surface area contributed by atoms with E-state index in [1.165, 1.54) is 49.5 Å². The second-order valence-electron chi connectivity index (χ2n) is 13.0. The molecule has 4 aliphatic rings. The first-order chi connectivity index (χ1) is 18.7. The summed E-state index contributed by atoms with van der Waals surface area (Å²) in [5.41, 5.74) is 4.36. The molecule has 3 unspecified atom stereocenters. The van der Waals surface area contributed by atoms with Gasteiger partial charge >= 0.3 is 5.97 Å². The summed E-state index contributed by atoms with van der Waals surface area (Å²) < 4.78 is 23.2. The number of benzene rings is 3. The summed E-state index contributed by atoms with van der Waals surface area (Å²) in [6.07, 6.45) is 5.24. The summed E-state index contributed by atoms with van der Waals surface area (Å²) in [6, 6.07) is 18.9. The summed E-state index contributed by atoms with van der Waals surface area (Å²) in [5.74, 6) is 3.82. The van der Waals surface area contributed by atoms with Gasteiger partial charge in [-0.2, -0.15) is 0 Å². The van der Waals surface area contributed by atoms with Gasteiger partial charge < -0.3 is 18.9 Å². The molecule has 1 saturated heterocycles. The van der Waals surface area contributed by atoms with Gasteiger partial charge in [0.25, 0.3) is 0 Å². The van der Waals surface area contributed by atoms with Crippen LogP contribution in [0.3, 0.4) is 0 Å². The van der Waals surface area contributed by atoms with Crippen molar-refractivity contribution < 1.29 is 23.7 Å². The Hall–Kier alpha value is -2.89. The highest BCUT2D eigenvalue weighted by Gasteiger charge is 2.59. The van der Waals surface area contributed by atoms with Crippen LogP contribution in [0.5, 0.6) is 5.75 Å². The van der Waals surface area contributed by atoms with Crippen molar-refractivity contribution in [2.45, 2.75) is 63.8 Å². The number of hydrogen-bond acceptors (Lipinski definition) is 5. The van der Waals surface area contributed by atoms with Crippen LogP contribution in [0.25, 0.3) is 21.9 Å². The molecule has 0 N–H and O–H groups in total. The average molecular weight is 527 g/mol. The minimum Gasteiger partial charge on any atom is -0.490 e. The van der Waals surface area contributed by atoms with Crippen LogP contribution < -0.4 is 4.74 Å². The Morgan fingerprint density at radius 1 is 0.897 bits per heavy atom. The predicted octanol–water partition coefficient (Wildman–Crippen LogP) is 7.15. The molecule has 3 aromatic carbocycles. The Labute approximate surface area is 230 Å². The minimum absolute atomic E-state index is 0.0644. The predicted molar refractivity (Wildman–Crippen MR) is 151 cm³/mol. The van der Waals surface area contributed by atoms with Gasteiger partial charge in [0.05, 0.1) is 19.3 Å². The van der Waals surface area contributed by atoms with Crippen molar-refractivity contribution in [3.05, 3.63) is 65.7 Å². The summed E-state index contributed by atoms with van der Waals surface area (Å²) in [6.45, 7) is 7.42. The lowest BCUT2D eigenvalue weighted by Gasteiger charge is -2.65. The molecule has 3 aliphatic carbocycles. The normalized spacial score (nSPS) is 32.2. The first-order valence-corrected chi connectivity index (χ1v) is 14.4. The van der Waals surface area contributed by atoms with Gasteiger partial charge in [-0.3, -0.25) is 0 Å². The molecule has 0 bridgehead atoms. The third-order valence-electron chi connectivity index (χ3n) is 9.99. The molecule has 3 saturated carbocycles. The third kappa shape index (κ3) is 4.35. The molecule has 0 amide bonds. The van der Waals surface area contributed by atoms with Crippen molar-refractivity contribution >= 4 is 16.7 Å². The lowest BCUT2D eigenvalue weighted by molar-refractivity contribution is -0.143. The molecule has 39 heavy (non-hydrogen) atoms. The van der Waals surface area contributed by atoms with Gasteiger partial charge in [-0.25, -0.2) is 4.79 Å². The molecule has 0 spiro atoms. The van der Waals surface area contributed by atoms with Crippen LogP contribution in [0.2, 0.25) is 0 Å². The largest absolute Gasteiger partial charge is 0.490 e. The van der Waals surface area contributed by atoms with E-state index in [2.05, 4.69) is 43.3 Å². The zero-order chi connectivity index (χ0) is 26.9. The van der Waals surface area contributed by atoms with E-state index in [1.807, 2.05) is 32.0 Å². The fourth-order valence-corrected chi connectivity index (χ4v) is 8.17. The molecule has 3 atom stereocenters. The van der Waals surface area contributed by atoms with E-state index in [4.69, 9.17) is 18.9 Å². The van der Waals surface area contributed by atoms with Gasteiger partial charge in [0.2, 0.25) is 0 Å². The quantitative estimate of drug-likeness (QED) is 0.319. The molecule has 4 fully saturated rings. The maximum atomic E-state index is 12.0. The Morgan fingerprint density at radius 2 is 1.59 bits per heavy atom. The fourth-order valence-electron chi connectivity index (χ4n) is 8.17. The number of esters is 1. The van der Waals surface area contributed by atoms with E-state index >= 15 is 0 Å². The van der Waals surface area contributed by atoms with Gasteiger partial charge in [0, 0.05) is 5.56 Å². The van der Waals surface area contributed by atoms with Crippen LogP contribution in [0, 0.1) is 23.7 Å². The molecule has 1 aliphatic heterocycles. The number of rotatable bonds is 6. The van der Waals surface area contributed by atoms with Gasteiger partial charge in [0.15, 0.2) is 5.79 Å². The first-order valence-electron chi connectivity index (χ1n) is 14.4. The molecule has 0 radical (unpaired) electrons. The van der Waals surface area contributed by atoms with Crippen LogP contribution in [0.1, 0.15) is 62.4 Å². The minimum atomic E-state index is -0.552. The smallest absolute Gasteiger partial charge is 0.337 e. The molecule has 0 aromatic heterocycles. The van der Waals surface area contributed by atoms with Crippen molar-refractivity contribution in [1.82, 2.24) is 0 Å². The van der Waals surface area contributed by atoms with Gasteiger partial charge in [0.1, 0.15) is 18.5 Å². The van der Waals surface area contributed by atoms with Crippen molar-refractivity contribution in [3.8, 4) is 16.9 Å². The second-order valence-corrected chi connectivity index (χ2v) is 13.0. The monoisotopic (exact) mass is 526 g/mol. The molecular formula is C34H38O5. The number of hydrogen-bond donors (Lipinski definition) is 0. The number of carbonyl (C=O) groups is 1. The van der Waals surface area contributed by atoms with Crippen LogP contribution >= 0.6 is 0 Å². The molecule has 5 heteroatoms. The Morgan fingerprint density at radius 3 is 2.28 bits per heavy atom. The lowest BCUT2D eigenvalue weighted by atomic mass is 9.39. The van der Waals surface area contributed by atoms with E-state index in [9.17, 15) is 4.79 Å². The van der Waals surface area contributed by atoms with E-state index in [-0.39, 0.29) is 17.5 Å². The lowest BCUT2D eigenvalue weighted by Crippen LogP contribution is -2.58. The SMILES string of the molecule is COC(=O)c1ccc2cc(-c3ccc(OCC4COC(C)(C)O4)c(C4(C)CC5CC6CC(C4)C65)c3)ccc2c1. The Balaban J connectivity index is 1.22. The van der Waals surface area contributed by atoms with E-state index < -0.39 is 5.79 Å². The van der Waals surface area contributed by atoms with Crippen LogP contribution in [-0.4, -0.2) is 38.2 Å². The van der Waals surface area contributed by atoms with E-state index in [0.717, 1.165) is 40.2 Å². The summed E-state index contributed by atoms with van der Waals surface area (Å²) in [5, 5.41) is 2.13. The Bertz CT molecular complexity index is 1420. The zero-order valence-electron chi connectivity index (χ0n) is 23.4. The molecule has 1 heterocycles. The summed E-state index contributed by atoms with van der Waals surface area (Å²) >= 11 is 0. The summed E-state index contributed by atoms with van der Waals surface area (Å²) in [4.78, 5) is 12.0. The number of ether oxygens (including phenoxy) is 4. The van der Waals surface area contributed by atoms with Crippen molar-refractivity contribution in [2.24, 2.45) is 23.7 Å². The van der Waals surface area contributed by atoms with Crippen LogP contribution in [0.4, 0.5) is 0 Å². The van der Waals surface area contributed by atoms with Crippen molar-refractivity contribution in [1.29, 1.82) is 0 Å². The van der Waals surface area contributed by atoms with Crippen LogP contribution in [-0.2, 0) is 19.6 Å². The average Bonchev–Trinajstić information content (AvgIpc) is 3.26. The van der Waals surface area contributed by atoms with Gasteiger partial charge in [-0.05, 0) is 121 Å². The number of carbonyl (C=O) groups excluding carboxylic acids is 1. The summed E-state index contributed by atoms with van der Waals surface area (Å²) in [7, 11) is 1.41. The molecule has 7 rings (SSSR count). The molecule has 3 aromatic rings. The van der Waals surface area contributed by atoms with Crippen LogP contribution in [0.15, 0.2) is 54.6 Å². The van der Waals surface area contributed by atoms with Crippen molar-refractivity contribution in [3.63, 3.8) is 0 Å². The third-order valence-corrected chi connectivity index (χ3v) is 9.99. The van der Waals surface area contributed by atoms with Crippen molar-refractivity contribution in [2.75, 3.05) is 20.3 Å². The molecule has 5 nitrogen and oxygen atoms in total. The molecular weight excluding hydrogens is 488 g/mol. The highest BCUT2D eigenvalue weighted by molar-refractivity contribution is 5.96. The number of methoxy groups -OCH3 is 1. The highest BCUT2D eigenvalue weighted by Crippen LogP contribution is 2.67. The standard InChI is InChI=1S/C34H38O5/c1-33(2)38-19-28(39-33)18-37-30-10-9-23(15-29(30)34(3)16-26-13-25-14-27(17-34)31(25)26)21-5-6-22-12-24(32(35)36-4)8-7-20(22)11-21/h5-12,15,25-28,31H,13-14,16-19H2,1-4H3. The zero-order valence-corrected chi connectivity index (χ0v) is 23.4. The topological polar surface area (TPSA) is 54.0 Å². The maximum absolute atomic E-state index is 12.0. The first kappa shape index (κ1) is 25.1. The van der Waals surface area contributed by atoms with E-state index in [1.54, 1.807) is 0 Å². The van der Waals surface area contributed by atoms with E-state index in [0.29, 0.717) is 18.8 Å². The van der Waals surface area contributed by atoms with Gasteiger partial charge in [-0.1, -0.05) is 31.2 Å². The maximum Gasteiger partial charge on any atom is 0.337 e. The van der Waals surface area contributed by atoms with Gasteiger partial charge in [-0.15, -0.1) is 0 Å². The number of fused-ring (bicyclic) bond motifs is 1. The second kappa shape index (κ2) is 9.07.